The predicted molar refractivity (Wildman–Crippen MR) is 85.7 cm³/mol. The Morgan fingerprint density at radius 2 is 1.54 bits per heavy atom. The number of phenolic OH excluding ortho intramolecular Hbond substituents is 3. The molecular formula is C17H14O9. The molecule has 0 aliphatic carbocycles. The molecule has 136 valence electrons. The molecule has 2 rings (SSSR count). The van der Waals surface area contributed by atoms with Crippen molar-refractivity contribution in [2.24, 2.45) is 0 Å². The van der Waals surface area contributed by atoms with Crippen molar-refractivity contribution in [1.82, 2.24) is 0 Å². The molecule has 0 bridgehead atoms. The SMILES string of the molecule is COC(=O)C(=O)c1c(OC)cc(O)cc1OC(=O)c1ccc(O)c(O)c1. The average molecular weight is 362 g/mol. The van der Waals surface area contributed by atoms with E-state index in [4.69, 9.17) is 9.47 Å². The van der Waals surface area contributed by atoms with E-state index in [9.17, 15) is 29.7 Å². The van der Waals surface area contributed by atoms with E-state index in [0.29, 0.717) is 0 Å². The van der Waals surface area contributed by atoms with Crippen molar-refractivity contribution in [2.75, 3.05) is 14.2 Å². The standard InChI is InChI=1S/C17H14O9/c1-24-12-6-9(18)7-13(14(12)15(21)17(23)25-2)26-16(22)8-3-4-10(19)11(20)5-8/h3-7,18-20H,1-2H3. The van der Waals surface area contributed by atoms with Gasteiger partial charge in [0.15, 0.2) is 11.5 Å². The normalized spacial score (nSPS) is 10.1. The number of hydrogen-bond donors (Lipinski definition) is 3. The number of benzene rings is 2. The van der Waals surface area contributed by atoms with Crippen molar-refractivity contribution in [1.29, 1.82) is 0 Å². The van der Waals surface area contributed by atoms with E-state index in [1.807, 2.05) is 0 Å². The third kappa shape index (κ3) is 3.66. The minimum Gasteiger partial charge on any atom is -0.508 e. The zero-order valence-electron chi connectivity index (χ0n) is 13.7. The molecule has 9 heteroatoms. The summed E-state index contributed by atoms with van der Waals surface area (Å²) in [5, 5.41) is 28.5. The molecule has 2 aromatic rings. The lowest BCUT2D eigenvalue weighted by Crippen LogP contribution is -2.19. The van der Waals surface area contributed by atoms with Gasteiger partial charge in [0.1, 0.15) is 22.8 Å². The van der Waals surface area contributed by atoms with Gasteiger partial charge in [-0.2, -0.15) is 0 Å². The second-order valence-electron chi connectivity index (χ2n) is 4.93. The number of methoxy groups -OCH3 is 2. The number of carbonyl (C=O) groups excluding carboxylic acids is 3. The molecule has 0 aliphatic rings. The first-order valence-electron chi connectivity index (χ1n) is 7.06. The number of ether oxygens (including phenoxy) is 3. The number of carbonyl (C=O) groups is 3. The number of rotatable bonds is 5. The van der Waals surface area contributed by atoms with E-state index in [2.05, 4.69) is 4.74 Å². The van der Waals surface area contributed by atoms with Crippen LogP contribution in [0.3, 0.4) is 0 Å². The van der Waals surface area contributed by atoms with Gasteiger partial charge >= 0.3 is 11.9 Å². The Hall–Kier alpha value is -3.75. The largest absolute Gasteiger partial charge is 0.508 e. The lowest BCUT2D eigenvalue weighted by Gasteiger charge is -2.13. The number of ketones is 1. The molecule has 2 aromatic carbocycles. The smallest absolute Gasteiger partial charge is 0.379 e. The second kappa shape index (κ2) is 7.43. The number of phenols is 3. The van der Waals surface area contributed by atoms with Crippen LogP contribution in [0.25, 0.3) is 0 Å². The van der Waals surface area contributed by atoms with E-state index in [1.165, 1.54) is 13.2 Å². The van der Waals surface area contributed by atoms with Gasteiger partial charge in [0, 0.05) is 12.1 Å². The first-order chi connectivity index (χ1) is 12.3. The number of Topliss-reactive ketones (excluding diaryl/α,β-unsaturated/α-hetero) is 1. The molecule has 9 nitrogen and oxygen atoms in total. The van der Waals surface area contributed by atoms with Crippen molar-refractivity contribution in [3.05, 3.63) is 41.5 Å². The number of aromatic hydroxyl groups is 3. The Bertz CT molecular complexity index is 886. The van der Waals surface area contributed by atoms with E-state index >= 15 is 0 Å². The van der Waals surface area contributed by atoms with Gasteiger partial charge in [-0.1, -0.05) is 0 Å². The van der Waals surface area contributed by atoms with Crippen LogP contribution in [0, 0.1) is 0 Å². The minimum atomic E-state index is -1.23. The van der Waals surface area contributed by atoms with Crippen molar-refractivity contribution in [3.63, 3.8) is 0 Å². The van der Waals surface area contributed by atoms with Crippen molar-refractivity contribution >= 4 is 17.7 Å². The van der Waals surface area contributed by atoms with Crippen LogP contribution in [0.2, 0.25) is 0 Å². The van der Waals surface area contributed by atoms with Crippen LogP contribution >= 0.6 is 0 Å². The zero-order chi connectivity index (χ0) is 19.4. The summed E-state index contributed by atoms with van der Waals surface area (Å²) >= 11 is 0. The topological polar surface area (TPSA) is 140 Å². The summed E-state index contributed by atoms with van der Waals surface area (Å²) < 4.78 is 14.4. The van der Waals surface area contributed by atoms with Gasteiger partial charge in [0.05, 0.1) is 19.8 Å². The van der Waals surface area contributed by atoms with Crippen LogP contribution in [0.15, 0.2) is 30.3 Å². The Morgan fingerprint density at radius 3 is 2.12 bits per heavy atom. The predicted octanol–water partition coefficient (Wildman–Crippen LogP) is 1.39. The van der Waals surface area contributed by atoms with Gasteiger partial charge in [-0.25, -0.2) is 9.59 Å². The highest BCUT2D eigenvalue weighted by Gasteiger charge is 2.28. The Labute approximate surface area is 147 Å². The van der Waals surface area contributed by atoms with Gasteiger partial charge in [0.25, 0.3) is 5.78 Å². The minimum absolute atomic E-state index is 0.154. The summed E-state index contributed by atoms with van der Waals surface area (Å²) in [6.07, 6.45) is 0. The second-order valence-corrected chi connectivity index (χ2v) is 4.93. The third-order valence-corrected chi connectivity index (χ3v) is 3.28. The zero-order valence-corrected chi connectivity index (χ0v) is 13.7. The first kappa shape index (κ1) is 18.6. The summed E-state index contributed by atoms with van der Waals surface area (Å²) in [5.41, 5.74) is -0.576. The molecule has 0 unspecified atom stereocenters. The van der Waals surface area contributed by atoms with Crippen LogP contribution in [0.1, 0.15) is 20.7 Å². The van der Waals surface area contributed by atoms with Gasteiger partial charge in [0.2, 0.25) is 0 Å². The molecule has 0 aliphatic heterocycles. The van der Waals surface area contributed by atoms with Crippen LogP contribution in [0.5, 0.6) is 28.7 Å². The fourth-order valence-electron chi connectivity index (χ4n) is 2.05. The van der Waals surface area contributed by atoms with Gasteiger partial charge in [-0.15, -0.1) is 0 Å². The average Bonchev–Trinajstić information content (AvgIpc) is 2.62. The Kier molecular flexibility index (Phi) is 5.31. The molecule has 3 N–H and O–H groups in total. The van der Waals surface area contributed by atoms with Gasteiger partial charge in [-0.3, -0.25) is 4.79 Å². The number of hydrogen-bond acceptors (Lipinski definition) is 9. The molecule has 0 saturated carbocycles. The molecule has 0 atom stereocenters. The fourth-order valence-corrected chi connectivity index (χ4v) is 2.05. The van der Waals surface area contributed by atoms with Crippen molar-refractivity contribution in [3.8, 4) is 28.7 Å². The van der Waals surface area contributed by atoms with E-state index in [1.54, 1.807) is 0 Å². The van der Waals surface area contributed by atoms with Crippen molar-refractivity contribution in [2.45, 2.75) is 0 Å². The molecule has 0 aromatic heterocycles. The van der Waals surface area contributed by atoms with E-state index in [0.717, 1.165) is 31.4 Å². The third-order valence-electron chi connectivity index (χ3n) is 3.28. The van der Waals surface area contributed by atoms with Crippen LogP contribution < -0.4 is 9.47 Å². The quantitative estimate of drug-likeness (QED) is 0.237. The van der Waals surface area contributed by atoms with Gasteiger partial charge < -0.3 is 29.5 Å². The molecule has 0 radical (unpaired) electrons. The van der Waals surface area contributed by atoms with Crippen LogP contribution in [-0.2, 0) is 9.53 Å². The summed E-state index contributed by atoms with van der Waals surface area (Å²) in [5.74, 6) is -5.45. The monoisotopic (exact) mass is 362 g/mol. The highest BCUT2D eigenvalue weighted by Crippen LogP contribution is 2.35. The molecule has 0 spiro atoms. The summed E-state index contributed by atoms with van der Waals surface area (Å²) in [6.45, 7) is 0. The fraction of sp³-hybridized carbons (Fsp3) is 0.118. The maximum Gasteiger partial charge on any atom is 0.379 e. The number of esters is 2. The highest BCUT2D eigenvalue weighted by atomic mass is 16.5. The maximum atomic E-state index is 12.2. The van der Waals surface area contributed by atoms with Crippen LogP contribution in [0.4, 0.5) is 0 Å². The molecular weight excluding hydrogens is 348 g/mol. The van der Waals surface area contributed by atoms with Gasteiger partial charge in [-0.05, 0) is 18.2 Å². The summed E-state index contributed by atoms with van der Waals surface area (Å²) in [6, 6.07) is 5.17. The molecule has 0 heterocycles. The lowest BCUT2D eigenvalue weighted by molar-refractivity contribution is -0.135. The molecule has 0 fully saturated rings. The van der Waals surface area contributed by atoms with Crippen LogP contribution in [-0.4, -0.2) is 47.3 Å². The highest BCUT2D eigenvalue weighted by molar-refractivity contribution is 6.42. The Morgan fingerprint density at radius 1 is 0.885 bits per heavy atom. The summed E-state index contributed by atoms with van der Waals surface area (Å²) in [7, 11) is 2.18. The van der Waals surface area contributed by atoms with E-state index in [-0.39, 0.29) is 17.1 Å². The maximum absolute atomic E-state index is 12.2. The first-order valence-corrected chi connectivity index (χ1v) is 7.06. The lowest BCUT2D eigenvalue weighted by atomic mass is 10.1. The molecule has 0 saturated heterocycles. The molecule has 0 amide bonds. The Balaban J connectivity index is 2.49. The van der Waals surface area contributed by atoms with Crippen molar-refractivity contribution < 1.29 is 43.9 Å². The summed E-state index contributed by atoms with van der Waals surface area (Å²) in [4.78, 5) is 36.0. The van der Waals surface area contributed by atoms with E-state index < -0.39 is 40.5 Å². The molecule has 26 heavy (non-hydrogen) atoms.